The van der Waals surface area contributed by atoms with Gasteiger partial charge in [-0.25, -0.2) is 14.4 Å². The van der Waals surface area contributed by atoms with E-state index in [1.54, 1.807) is 6.07 Å². The van der Waals surface area contributed by atoms with Crippen LogP contribution in [0.3, 0.4) is 0 Å². The molecule has 3 rings (SSSR count). The maximum Gasteiger partial charge on any atom is 0.149 e. The number of rotatable bonds is 5. The van der Waals surface area contributed by atoms with Crippen molar-refractivity contribution in [3.05, 3.63) is 66.2 Å². The van der Waals surface area contributed by atoms with Gasteiger partial charge in [-0.3, -0.25) is 0 Å². The summed E-state index contributed by atoms with van der Waals surface area (Å²) in [6, 6.07) is 15.4. The third-order valence-electron chi connectivity index (χ3n) is 3.89. The van der Waals surface area contributed by atoms with Gasteiger partial charge < -0.3 is 10.2 Å². The molecule has 0 aliphatic heterocycles. The Kier molecular flexibility index (Phi) is 4.48. The predicted octanol–water partition coefficient (Wildman–Crippen LogP) is 3.48. The highest BCUT2D eigenvalue weighted by molar-refractivity contribution is 5.89. The molecule has 0 aliphatic carbocycles. The van der Waals surface area contributed by atoms with E-state index in [-0.39, 0.29) is 11.9 Å². The fourth-order valence-corrected chi connectivity index (χ4v) is 2.66. The first-order valence-corrected chi connectivity index (χ1v) is 7.51. The first kappa shape index (κ1) is 15.4. The Labute approximate surface area is 135 Å². The van der Waals surface area contributed by atoms with Crippen LogP contribution in [-0.2, 0) is 0 Å². The smallest absolute Gasteiger partial charge is 0.149 e. The van der Waals surface area contributed by atoms with Crippen molar-refractivity contribution in [2.45, 2.75) is 6.04 Å². The number of para-hydroxylation sites is 1. The second-order valence-corrected chi connectivity index (χ2v) is 5.63. The number of nitrogens with zero attached hydrogens (tertiary/aromatic N) is 3. The summed E-state index contributed by atoms with van der Waals surface area (Å²) < 4.78 is 13.8. The maximum atomic E-state index is 13.8. The SMILES string of the molecule is CN(C)C(CNc1ncnc2c(F)cccc12)c1ccccc1. The van der Waals surface area contributed by atoms with Crippen molar-refractivity contribution >= 4 is 16.7 Å². The second kappa shape index (κ2) is 6.71. The van der Waals surface area contributed by atoms with Crippen LogP contribution in [0.1, 0.15) is 11.6 Å². The van der Waals surface area contributed by atoms with Gasteiger partial charge in [0.15, 0.2) is 0 Å². The van der Waals surface area contributed by atoms with Gasteiger partial charge in [-0.2, -0.15) is 0 Å². The van der Waals surface area contributed by atoms with E-state index in [0.29, 0.717) is 23.3 Å². The molecule has 23 heavy (non-hydrogen) atoms. The van der Waals surface area contributed by atoms with E-state index in [9.17, 15) is 4.39 Å². The molecule has 1 N–H and O–H groups in total. The molecule has 0 radical (unpaired) electrons. The molecule has 1 heterocycles. The van der Waals surface area contributed by atoms with Crippen molar-refractivity contribution in [2.24, 2.45) is 0 Å². The molecule has 1 aromatic heterocycles. The summed E-state index contributed by atoms with van der Waals surface area (Å²) in [6.45, 7) is 0.666. The van der Waals surface area contributed by atoms with Gasteiger partial charge in [0, 0.05) is 11.9 Å². The number of hydrogen-bond donors (Lipinski definition) is 1. The zero-order valence-electron chi connectivity index (χ0n) is 13.2. The Hall–Kier alpha value is -2.53. The van der Waals surface area contributed by atoms with Crippen LogP contribution < -0.4 is 5.32 Å². The molecule has 0 spiro atoms. The molecule has 0 fully saturated rings. The minimum atomic E-state index is -0.333. The van der Waals surface area contributed by atoms with E-state index in [1.807, 2.05) is 38.4 Å². The van der Waals surface area contributed by atoms with Gasteiger partial charge in [-0.15, -0.1) is 0 Å². The van der Waals surface area contributed by atoms with Crippen LogP contribution >= 0.6 is 0 Å². The third-order valence-corrected chi connectivity index (χ3v) is 3.89. The number of fused-ring (bicyclic) bond motifs is 1. The standard InChI is InChI=1S/C18H19FN4/c1-23(2)16(13-7-4-3-5-8-13)11-20-18-14-9-6-10-15(19)17(14)21-12-22-18/h3-10,12,16H,11H2,1-2H3,(H,20,21,22). The van der Waals surface area contributed by atoms with Gasteiger partial charge >= 0.3 is 0 Å². The van der Waals surface area contributed by atoms with Crippen molar-refractivity contribution in [3.63, 3.8) is 0 Å². The summed E-state index contributed by atoms with van der Waals surface area (Å²) >= 11 is 0. The average Bonchev–Trinajstić information content (AvgIpc) is 2.56. The van der Waals surface area contributed by atoms with Crippen LogP contribution in [0, 0.1) is 5.82 Å². The molecule has 0 bridgehead atoms. The van der Waals surface area contributed by atoms with Gasteiger partial charge in [0.25, 0.3) is 0 Å². The fraction of sp³-hybridized carbons (Fsp3) is 0.222. The summed E-state index contributed by atoms with van der Waals surface area (Å²) in [6.07, 6.45) is 1.39. The lowest BCUT2D eigenvalue weighted by Crippen LogP contribution is -2.27. The van der Waals surface area contributed by atoms with Crippen molar-refractivity contribution in [1.29, 1.82) is 0 Å². The highest BCUT2D eigenvalue weighted by atomic mass is 19.1. The molecule has 4 nitrogen and oxygen atoms in total. The predicted molar refractivity (Wildman–Crippen MR) is 90.9 cm³/mol. The number of benzene rings is 2. The molecule has 2 aromatic carbocycles. The summed E-state index contributed by atoms with van der Waals surface area (Å²) in [7, 11) is 4.08. The van der Waals surface area contributed by atoms with Crippen LogP contribution in [0.2, 0.25) is 0 Å². The van der Waals surface area contributed by atoms with Crippen LogP contribution in [0.5, 0.6) is 0 Å². The quantitative estimate of drug-likeness (QED) is 0.783. The molecule has 0 amide bonds. The van der Waals surface area contributed by atoms with E-state index in [2.05, 4.69) is 32.3 Å². The van der Waals surface area contributed by atoms with Crippen molar-refractivity contribution in [2.75, 3.05) is 26.0 Å². The molecule has 3 aromatic rings. The van der Waals surface area contributed by atoms with Gasteiger partial charge in [-0.05, 0) is 31.8 Å². The monoisotopic (exact) mass is 310 g/mol. The molecule has 118 valence electrons. The maximum absolute atomic E-state index is 13.8. The molecule has 1 atom stereocenters. The Morgan fingerprint density at radius 2 is 1.83 bits per heavy atom. The molecular weight excluding hydrogens is 291 g/mol. The summed E-state index contributed by atoms with van der Waals surface area (Å²) in [5.74, 6) is 0.317. The van der Waals surface area contributed by atoms with Crippen molar-refractivity contribution in [3.8, 4) is 0 Å². The Morgan fingerprint density at radius 3 is 2.57 bits per heavy atom. The molecule has 1 unspecified atom stereocenters. The van der Waals surface area contributed by atoms with E-state index in [4.69, 9.17) is 0 Å². The average molecular weight is 310 g/mol. The summed E-state index contributed by atoms with van der Waals surface area (Å²) in [5, 5.41) is 4.03. The van der Waals surface area contributed by atoms with Gasteiger partial charge in [0.05, 0.1) is 6.04 Å². The van der Waals surface area contributed by atoms with E-state index >= 15 is 0 Å². The number of nitrogens with one attached hydrogen (secondary N) is 1. The topological polar surface area (TPSA) is 41.0 Å². The highest BCUT2D eigenvalue weighted by Gasteiger charge is 2.15. The Balaban J connectivity index is 1.86. The number of anilines is 1. The second-order valence-electron chi connectivity index (χ2n) is 5.63. The number of halogens is 1. The van der Waals surface area contributed by atoms with Crippen LogP contribution in [0.4, 0.5) is 10.2 Å². The largest absolute Gasteiger partial charge is 0.368 e. The summed E-state index contributed by atoms with van der Waals surface area (Å²) in [5.41, 5.74) is 1.56. The third kappa shape index (κ3) is 3.29. The minimum absolute atomic E-state index is 0.190. The molecule has 5 heteroatoms. The summed E-state index contributed by atoms with van der Waals surface area (Å²) in [4.78, 5) is 10.4. The Morgan fingerprint density at radius 1 is 1.04 bits per heavy atom. The first-order valence-electron chi connectivity index (χ1n) is 7.51. The lowest BCUT2D eigenvalue weighted by atomic mass is 10.1. The van der Waals surface area contributed by atoms with Crippen molar-refractivity contribution in [1.82, 2.24) is 14.9 Å². The zero-order chi connectivity index (χ0) is 16.2. The normalized spacial score (nSPS) is 12.5. The van der Waals surface area contributed by atoms with Gasteiger partial charge in [0.2, 0.25) is 0 Å². The van der Waals surface area contributed by atoms with Crippen LogP contribution in [0.25, 0.3) is 10.9 Å². The number of aromatic nitrogens is 2. The fourth-order valence-electron chi connectivity index (χ4n) is 2.66. The Bertz CT molecular complexity index is 789. The number of likely N-dealkylation sites (N-methyl/N-ethyl adjacent to an activating group) is 1. The molecular formula is C18H19FN4. The van der Waals surface area contributed by atoms with Gasteiger partial charge in [-0.1, -0.05) is 36.4 Å². The lowest BCUT2D eigenvalue weighted by molar-refractivity contribution is 0.311. The first-order chi connectivity index (χ1) is 11.2. The zero-order valence-corrected chi connectivity index (χ0v) is 13.2. The van der Waals surface area contributed by atoms with E-state index in [0.717, 1.165) is 0 Å². The number of hydrogen-bond acceptors (Lipinski definition) is 4. The van der Waals surface area contributed by atoms with Gasteiger partial charge in [0.1, 0.15) is 23.5 Å². The highest BCUT2D eigenvalue weighted by Crippen LogP contribution is 2.23. The minimum Gasteiger partial charge on any atom is -0.368 e. The van der Waals surface area contributed by atoms with E-state index in [1.165, 1.54) is 18.0 Å². The van der Waals surface area contributed by atoms with Crippen molar-refractivity contribution < 1.29 is 4.39 Å². The molecule has 0 saturated carbocycles. The molecule has 0 saturated heterocycles. The molecule has 0 aliphatic rings. The van der Waals surface area contributed by atoms with Crippen LogP contribution in [0.15, 0.2) is 54.9 Å². The van der Waals surface area contributed by atoms with Crippen LogP contribution in [-0.4, -0.2) is 35.5 Å². The lowest BCUT2D eigenvalue weighted by Gasteiger charge is -2.25. The van der Waals surface area contributed by atoms with E-state index < -0.39 is 0 Å².